The molecule has 2 rings (SSSR count). The normalized spacial score (nSPS) is 24.6. The molecule has 1 aliphatic carbocycles. The molecule has 2 unspecified atom stereocenters. The summed E-state index contributed by atoms with van der Waals surface area (Å²) in [5.41, 5.74) is 0. The third-order valence-corrected chi connectivity index (χ3v) is 4.41. The van der Waals surface area contributed by atoms with Crippen molar-refractivity contribution in [3.05, 3.63) is 10.6 Å². The second kappa shape index (κ2) is 6.07. The molecule has 1 aliphatic rings. The molecule has 17 heavy (non-hydrogen) atoms. The van der Waals surface area contributed by atoms with Gasteiger partial charge in [-0.25, -0.2) is 0 Å². The number of hydrogen-bond donors (Lipinski definition) is 1. The van der Waals surface area contributed by atoms with Crippen molar-refractivity contribution in [2.24, 2.45) is 0 Å². The summed E-state index contributed by atoms with van der Waals surface area (Å²) in [6, 6.07) is 0.383. The number of thioether (sulfide) groups is 1. The monoisotopic (exact) mass is 292 g/mol. The number of nitrogens with one attached hydrogen (secondary N) is 1. The van der Waals surface area contributed by atoms with Gasteiger partial charge in [-0.15, -0.1) is 0 Å². The summed E-state index contributed by atoms with van der Waals surface area (Å²) in [5, 5.41) is 4.16. The van der Waals surface area contributed by atoms with E-state index in [9.17, 15) is 0 Å². The van der Waals surface area contributed by atoms with Crippen LogP contribution in [0.3, 0.4) is 0 Å². The van der Waals surface area contributed by atoms with Gasteiger partial charge in [0.2, 0.25) is 16.5 Å². The minimum atomic E-state index is 0.129. The van der Waals surface area contributed by atoms with E-state index in [4.69, 9.17) is 23.2 Å². The van der Waals surface area contributed by atoms with Gasteiger partial charge in [0, 0.05) is 11.3 Å². The molecule has 1 aromatic rings. The zero-order valence-corrected chi connectivity index (χ0v) is 11.8. The van der Waals surface area contributed by atoms with Crippen molar-refractivity contribution in [1.82, 2.24) is 15.0 Å². The Morgan fingerprint density at radius 1 is 1.12 bits per heavy atom. The maximum absolute atomic E-state index is 5.75. The lowest BCUT2D eigenvalue weighted by atomic mass is 9.95. The van der Waals surface area contributed by atoms with Crippen molar-refractivity contribution < 1.29 is 0 Å². The largest absolute Gasteiger partial charge is 0.350 e. The molecular weight excluding hydrogens is 279 g/mol. The van der Waals surface area contributed by atoms with Gasteiger partial charge >= 0.3 is 0 Å². The molecule has 0 spiro atoms. The first-order valence-corrected chi connectivity index (χ1v) is 7.60. The molecule has 0 aliphatic heterocycles. The molecule has 1 saturated carbocycles. The van der Waals surface area contributed by atoms with Crippen LogP contribution in [0, 0.1) is 0 Å². The zero-order chi connectivity index (χ0) is 12.3. The number of hydrogen-bond acceptors (Lipinski definition) is 5. The van der Waals surface area contributed by atoms with E-state index in [-0.39, 0.29) is 10.6 Å². The average Bonchev–Trinajstić information content (AvgIpc) is 2.28. The summed E-state index contributed by atoms with van der Waals surface area (Å²) in [5.74, 6) is 0.473. The minimum Gasteiger partial charge on any atom is -0.350 e. The van der Waals surface area contributed by atoms with Gasteiger partial charge in [-0.2, -0.15) is 26.7 Å². The van der Waals surface area contributed by atoms with Gasteiger partial charge in [0.25, 0.3) is 0 Å². The number of rotatable bonds is 3. The Bertz CT molecular complexity index is 370. The third kappa shape index (κ3) is 3.60. The molecule has 0 aromatic carbocycles. The summed E-state index contributed by atoms with van der Waals surface area (Å²) < 4.78 is 0. The molecule has 2 atom stereocenters. The Morgan fingerprint density at radius 2 is 1.76 bits per heavy atom. The molecule has 7 heteroatoms. The Kier molecular flexibility index (Phi) is 4.70. The van der Waals surface area contributed by atoms with Gasteiger partial charge in [-0.1, -0.05) is 12.8 Å². The SMILES string of the molecule is CSC1CCCCC1Nc1nc(Cl)nc(Cl)n1. The minimum absolute atomic E-state index is 0.129. The number of aromatic nitrogens is 3. The van der Waals surface area contributed by atoms with E-state index in [1.807, 2.05) is 11.8 Å². The van der Waals surface area contributed by atoms with E-state index < -0.39 is 0 Å². The highest BCUT2D eigenvalue weighted by atomic mass is 35.5. The zero-order valence-electron chi connectivity index (χ0n) is 9.49. The molecular formula is C10H14Cl2N4S. The van der Waals surface area contributed by atoms with Crippen LogP contribution in [0.1, 0.15) is 25.7 Å². The molecule has 1 heterocycles. The first-order valence-electron chi connectivity index (χ1n) is 5.55. The maximum atomic E-state index is 5.75. The first-order chi connectivity index (χ1) is 8.19. The lowest BCUT2D eigenvalue weighted by molar-refractivity contribution is 0.473. The van der Waals surface area contributed by atoms with Gasteiger partial charge in [-0.3, -0.25) is 0 Å². The van der Waals surface area contributed by atoms with Crippen LogP contribution in [0.4, 0.5) is 5.95 Å². The highest BCUT2D eigenvalue weighted by molar-refractivity contribution is 7.99. The molecule has 0 saturated heterocycles. The van der Waals surface area contributed by atoms with E-state index in [1.54, 1.807) is 0 Å². The van der Waals surface area contributed by atoms with Crippen LogP contribution in [0.15, 0.2) is 0 Å². The van der Waals surface area contributed by atoms with Crippen molar-refractivity contribution in [2.45, 2.75) is 37.0 Å². The van der Waals surface area contributed by atoms with Crippen molar-refractivity contribution in [2.75, 3.05) is 11.6 Å². The molecule has 1 N–H and O–H groups in total. The molecule has 4 nitrogen and oxygen atoms in total. The number of halogens is 2. The Hall–Kier alpha value is -0.260. The van der Waals surface area contributed by atoms with Gasteiger partial charge in [-0.05, 0) is 42.3 Å². The van der Waals surface area contributed by atoms with Crippen LogP contribution >= 0.6 is 35.0 Å². The molecule has 0 bridgehead atoms. The van der Waals surface area contributed by atoms with Crippen LogP contribution in [-0.2, 0) is 0 Å². The van der Waals surface area contributed by atoms with Crippen molar-refractivity contribution in [1.29, 1.82) is 0 Å². The van der Waals surface area contributed by atoms with Crippen LogP contribution in [-0.4, -0.2) is 32.5 Å². The van der Waals surface area contributed by atoms with Crippen LogP contribution in [0.25, 0.3) is 0 Å². The van der Waals surface area contributed by atoms with Crippen LogP contribution in [0.2, 0.25) is 10.6 Å². The molecule has 0 amide bonds. The van der Waals surface area contributed by atoms with E-state index in [2.05, 4.69) is 26.5 Å². The summed E-state index contributed by atoms with van der Waals surface area (Å²) >= 11 is 13.4. The van der Waals surface area contributed by atoms with E-state index >= 15 is 0 Å². The summed E-state index contributed by atoms with van der Waals surface area (Å²) in [6.07, 6.45) is 7.03. The van der Waals surface area contributed by atoms with Crippen molar-refractivity contribution >= 4 is 40.9 Å². The topological polar surface area (TPSA) is 50.7 Å². The average molecular weight is 293 g/mol. The van der Waals surface area contributed by atoms with Gasteiger partial charge in [0.05, 0.1) is 0 Å². The van der Waals surface area contributed by atoms with E-state index in [0.717, 1.165) is 6.42 Å². The van der Waals surface area contributed by atoms with Gasteiger partial charge < -0.3 is 5.32 Å². The fraction of sp³-hybridized carbons (Fsp3) is 0.700. The second-order valence-corrected chi connectivity index (χ2v) is 5.76. The standard InChI is InChI=1S/C10H14Cl2N4S/c1-17-7-5-3-2-4-6(7)13-10-15-8(11)14-9(12)16-10/h6-7H,2-5H2,1H3,(H,13,14,15,16). The molecule has 0 radical (unpaired) electrons. The Labute approximate surface area is 115 Å². The van der Waals surface area contributed by atoms with Crippen molar-refractivity contribution in [3.8, 4) is 0 Å². The summed E-state index contributed by atoms with van der Waals surface area (Å²) in [6.45, 7) is 0. The van der Waals surface area contributed by atoms with E-state index in [1.165, 1.54) is 19.3 Å². The Morgan fingerprint density at radius 3 is 2.41 bits per heavy atom. The fourth-order valence-corrected chi connectivity index (χ4v) is 3.40. The van der Waals surface area contributed by atoms with Gasteiger partial charge in [0.1, 0.15) is 0 Å². The fourth-order valence-electron chi connectivity index (χ4n) is 2.10. The quantitative estimate of drug-likeness (QED) is 0.927. The van der Waals surface area contributed by atoms with E-state index in [0.29, 0.717) is 17.2 Å². The van der Waals surface area contributed by atoms with Crippen LogP contribution in [0.5, 0.6) is 0 Å². The lowest BCUT2D eigenvalue weighted by Gasteiger charge is -2.30. The first kappa shape index (κ1) is 13.2. The van der Waals surface area contributed by atoms with Gasteiger partial charge in [0.15, 0.2) is 0 Å². The highest BCUT2D eigenvalue weighted by Gasteiger charge is 2.25. The summed E-state index contributed by atoms with van der Waals surface area (Å²) in [4.78, 5) is 11.8. The predicted octanol–water partition coefficient (Wildman–Crippen LogP) is 3.26. The number of anilines is 1. The number of nitrogens with zero attached hydrogens (tertiary/aromatic N) is 3. The predicted molar refractivity (Wildman–Crippen MR) is 73.0 cm³/mol. The highest BCUT2D eigenvalue weighted by Crippen LogP contribution is 2.29. The summed E-state index contributed by atoms with van der Waals surface area (Å²) in [7, 11) is 0. The molecule has 94 valence electrons. The lowest BCUT2D eigenvalue weighted by Crippen LogP contribution is -2.34. The Balaban J connectivity index is 2.08. The smallest absolute Gasteiger partial charge is 0.228 e. The molecule has 1 aromatic heterocycles. The maximum Gasteiger partial charge on any atom is 0.228 e. The molecule has 1 fully saturated rings. The van der Waals surface area contributed by atoms with Crippen LogP contribution < -0.4 is 5.32 Å². The third-order valence-electron chi connectivity index (χ3n) is 2.90. The second-order valence-electron chi connectivity index (χ2n) is 4.01. The van der Waals surface area contributed by atoms with Crippen molar-refractivity contribution in [3.63, 3.8) is 0 Å².